The average molecular weight is 503 g/mol. The highest BCUT2D eigenvalue weighted by molar-refractivity contribution is 14.0. The molecule has 0 saturated carbocycles. The van der Waals surface area contributed by atoms with E-state index in [-0.39, 0.29) is 29.9 Å². The van der Waals surface area contributed by atoms with Gasteiger partial charge in [-0.15, -0.1) is 24.0 Å². The van der Waals surface area contributed by atoms with Crippen LogP contribution in [0.4, 0.5) is 5.69 Å². The van der Waals surface area contributed by atoms with Gasteiger partial charge in [0.2, 0.25) is 0 Å². The summed E-state index contributed by atoms with van der Waals surface area (Å²) >= 11 is 0. The fraction of sp³-hybridized carbons (Fsp3) is 0.316. The van der Waals surface area contributed by atoms with E-state index < -0.39 is 10.8 Å². The van der Waals surface area contributed by atoms with Gasteiger partial charge < -0.3 is 20.5 Å². The number of anilines is 1. The van der Waals surface area contributed by atoms with Crippen LogP contribution in [0.5, 0.6) is 11.5 Å². The molecule has 0 saturated heterocycles. The lowest BCUT2D eigenvalue weighted by molar-refractivity contribution is 0.332. The van der Waals surface area contributed by atoms with Crippen LogP contribution in [-0.2, 0) is 17.3 Å². The maximum Gasteiger partial charge on any atom is 0.193 e. The minimum atomic E-state index is -0.984. The molecule has 8 heteroatoms. The van der Waals surface area contributed by atoms with E-state index in [1.807, 2.05) is 56.3 Å². The van der Waals surface area contributed by atoms with Crippen LogP contribution >= 0.6 is 24.0 Å². The molecule has 0 bridgehead atoms. The van der Waals surface area contributed by atoms with Gasteiger partial charge >= 0.3 is 0 Å². The van der Waals surface area contributed by atoms with Crippen molar-refractivity contribution in [1.29, 1.82) is 0 Å². The van der Waals surface area contributed by atoms with Crippen LogP contribution in [0.15, 0.2) is 52.4 Å². The second-order valence-corrected chi connectivity index (χ2v) is 6.83. The molecule has 0 fully saturated rings. The molecular formula is C19H26IN3O3S. The number of hydrogen-bond donors (Lipinski definition) is 2. The van der Waals surface area contributed by atoms with Crippen molar-refractivity contribution < 1.29 is 13.7 Å². The molecule has 0 aliphatic heterocycles. The molecule has 1 unspecified atom stereocenters. The van der Waals surface area contributed by atoms with Crippen molar-refractivity contribution in [3.8, 4) is 11.5 Å². The highest BCUT2D eigenvalue weighted by atomic mass is 127. The Morgan fingerprint density at radius 1 is 1.11 bits per heavy atom. The number of guanidine groups is 1. The van der Waals surface area contributed by atoms with Gasteiger partial charge in [0, 0.05) is 28.0 Å². The van der Waals surface area contributed by atoms with Crippen LogP contribution in [0.3, 0.4) is 0 Å². The molecule has 0 aliphatic carbocycles. The number of benzene rings is 2. The van der Waals surface area contributed by atoms with Crippen LogP contribution in [-0.4, -0.2) is 29.6 Å². The molecule has 27 heavy (non-hydrogen) atoms. The summed E-state index contributed by atoms with van der Waals surface area (Å²) in [5.41, 5.74) is 7.70. The SMILES string of the molecule is CCOc1ccc(OCC)c(NC(N)=NCc2ccc(S(C)=O)cc2)c1.I. The first-order chi connectivity index (χ1) is 12.5. The summed E-state index contributed by atoms with van der Waals surface area (Å²) in [5, 5.41) is 3.07. The third kappa shape index (κ3) is 7.37. The van der Waals surface area contributed by atoms with Gasteiger partial charge in [0.05, 0.1) is 25.4 Å². The molecule has 0 aromatic heterocycles. The Hall–Kier alpha value is -1.81. The lowest BCUT2D eigenvalue weighted by atomic mass is 10.2. The summed E-state index contributed by atoms with van der Waals surface area (Å²) in [6.07, 6.45) is 1.65. The molecule has 148 valence electrons. The summed E-state index contributed by atoms with van der Waals surface area (Å²) in [4.78, 5) is 5.14. The van der Waals surface area contributed by atoms with Gasteiger partial charge in [-0.3, -0.25) is 4.21 Å². The fourth-order valence-electron chi connectivity index (χ4n) is 2.29. The van der Waals surface area contributed by atoms with Gasteiger partial charge in [-0.25, -0.2) is 4.99 Å². The minimum absolute atomic E-state index is 0. The van der Waals surface area contributed by atoms with Gasteiger partial charge in [0.1, 0.15) is 11.5 Å². The summed E-state index contributed by atoms with van der Waals surface area (Å²) in [7, 11) is -0.984. The van der Waals surface area contributed by atoms with Gasteiger partial charge in [0.25, 0.3) is 0 Å². The summed E-state index contributed by atoms with van der Waals surface area (Å²) < 4.78 is 22.5. The fourth-order valence-corrected chi connectivity index (χ4v) is 2.80. The van der Waals surface area contributed by atoms with Gasteiger partial charge in [-0.2, -0.15) is 0 Å². The van der Waals surface area contributed by atoms with Gasteiger partial charge in [0.15, 0.2) is 5.96 Å². The monoisotopic (exact) mass is 503 g/mol. The Morgan fingerprint density at radius 2 is 1.78 bits per heavy atom. The van der Waals surface area contributed by atoms with Crippen molar-refractivity contribution in [2.45, 2.75) is 25.3 Å². The first-order valence-corrected chi connectivity index (χ1v) is 9.98. The summed E-state index contributed by atoms with van der Waals surface area (Å²) in [6.45, 7) is 5.40. The van der Waals surface area contributed by atoms with E-state index in [1.54, 1.807) is 6.26 Å². The number of halogens is 1. The smallest absolute Gasteiger partial charge is 0.193 e. The standard InChI is InChI=1S/C19H25N3O3S.HI/c1-4-24-15-8-11-18(25-5-2)17(12-15)22-19(20)21-13-14-6-9-16(10-7-14)26(3)23;/h6-12H,4-5,13H2,1-3H3,(H3,20,21,22);1H. The molecule has 1 atom stereocenters. The van der Waals surface area contributed by atoms with E-state index in [1.165, 1.54) is 0 Å². The van der Waals surface area contributed by atoms with Crippen molar-refractivity contribution in [3.63, 3.8) is 0 Å². The normalized spacial score (nSPS) is 12.0. The van der Waals surface area contributed by atoms with Crippen LogP contribution in [0, 0.1) is 0 Å². The molecule has 2 rings (SSSR count). The zero-order valence-corrected chi connectivity index (χ0v) is 18.9. The Balaban J connectivity index is 0.00000364. The predicted molar refractivity (Wildman–Crippen MR) is 122 cm³/mol. The molecule has 6 nitrogen and oxygen atoms in total. The topological polar surface area (TPSA) is 85.9 Å². The Morgan fingerprint density at radius 3 is 2.37 bits per heavy atom. The van der Waals surface area contributed by atoms with E-state index in [0.29, 0.717) is 31.2 Å². The summed E-state index contributed by atoms with van der Waals surface area (Å²) in [6, 6.07) is 13.0. The minimum Gasteiger partial charge on any atom is -0.494 e. The second-order valence-electron chi connectivity index (χ2n) is 5.45. The van der Waals surface area contributed by atoms with Crippen molar-refractivity contribution in [2.24, 2.45) is 10.7 Å². The largest absolute Gasteiger partial charge is 0.494 e. The maximum absolute atomic E-state index is 11.4. The van der Waals surface area contributed by atoms with Crippen molar-refractivity contribution in [2.75, 3.05) is 24.8 Å². The molecule has 0 amide bonds. The van der Waals surface area contributed by atoms with Crippen LogP contribution < -0.4 is 20.5 Å². The average Bonchev–Trinajstić information content (AvgIpc) is 2.63. The molecule has 0 aliphatic rings. The lowest BCUT2D eigenvalue weighted by Crippen LogP contribution is -2.23. The molecule has 0 radical (unpaired) electrons. The zero-order chi connectivity index (χ0) is 18.9. The number of hydrogen-bond acceptors (Lipinski definition) is 4. The van der Waals surface area contributed by atoms with Crippen molar-refractivity contribution >= 4 is 46.4 Å². The molecular weight excluding hydrogens is 477 g/mol. The van der Waals surface area contributed by atoms with Crippen molar-refractivity contribution in [3.05, 3.63) is 48.0 Å². The Labute approximate surface area is 180 Å². The molecule has 0 heterocycles. The number of aliphatic imine (C=N–C) groups is 1. The quantitative estimate of drug-likeness (QED) is 0.326. The number of rotatable bonds is 8. The lowest BCUT2D eigenvalue weighted by Gasteiger charge is -2.14. The number of ether oxygens (including phenoxy) is 2. The highest BCUT2D eigenvalue weighted by Crippen LogP contribution is 2.29. The Bertz CT molecular complexity index is 782. The van der Waals surface area contributed by atoms with Crippen molar-refractivity contribution in [1.82, 2.24) is 0 Å². The van der Waals surface area contributed by atoms with E-state index in [9.17, 15) is 4.21 Å². The van der Waals surface area contributed by atoms with E-state index >= 15 is 0 Å². The third-order valence-electron chi connectivity index (χ3n) is 3.51. The van der Waals surface area contributed by atoms with E-state index in [2.05, 4.69) is 10.3 Å². The van der Waals surface area contributed by atoms with E-state index in [4.69, 9.17) is 15.2 Å². The maximum atomic E-state index is 11.4. The molecule has 2 aromatic carbocycles. The van der Waals surface area contributed by atoms with Gasteiger partial charge in [-0.05, 0) is 43.7 Å². The molecule has 0 spiro atoms. The van der Waals surface area contributed by atoms with Crippen LogP contribution in [0.25, 0.3) is 0 Å². The summed E-state index contributed by atoms with van der Waals surface area (Å²) in [5.74, 6) is 1.70. The zero-order valence-electron chi connectivity index (χ0n) is 15.7. The van der Waals surface area contributed by atoms with E-state index in [0.717, 1.165) is 16.2 Å². The Kier molecular flexibility index (Phi) is 10.2. The number of nitrogens with two attached hydrogens (primary N) is 1. The molecule has 2 aromatic rings. The highest BCUT2D eigenvalue weighted by Gasteiger charge is 2.07. The number of nitrogens with one attached hydrogen (secondary N) is 1. The first kappa shape index (κ1) is 23.2. The third-order valence-corrected chi connectivity index (χ3v) is 4.45. The van der Waals surface area contributed by atoms with Crippen LogP contribution in [0.1, 0.15) is 19.4 Å². The van der Waals surface area contributed by atoms with Gasteiger partial charge in [-0.1, -0.05) is 12.1 Å². The van der Waals surface area contributed by atoms with Crippen LogP contribution in [0.2, 0.25) is 0 Å². The number of nitrogens with zero attached hydrogens (tertiary/aromatic N) is 1. The molecule has 3 N–H and O–H groups in total. The first-order valence-electron chi connectivity index (χ1n) is 8.42. The second kappa shape index (κ2) is 11.8. The predicted octanol–water partition coefficient (Wildman–Crippen LogP) is 3.77.